The summed E-state index contributed by atoms with van der Waals surface area (Å²) in [5, 5.41) is 0. The molecule has 5 heteroatoms. The average Bonchev–Trinajstić information content (AvgIpc) is 2.91. The van der Waals surface area contributed by atoms with Crippen molar-refractivity contribution in [3.63, 3.8) is 0 Å². The van der Waals surface area contributed by atoms with E-state index in [2.05, 4.69) is 26.9 Å². The van der Waals surface area contributed by atoms with Crippen LogP contribution in [0.1, 0.15) is 51.9 Å². The minimum absolute atomic E-state index is 0.605. The smallest absolute Gasteiger partial charge is 0.243 e. The Bertz CT molecular complexity index is 483. The van der Waals surface area contributed by atoms with E-state index in [-0.39, 0.29) is 0 Å². The summed E-state index contributed by atoms with van der Waals surface area (Å²) in [6, 6.07) is 0. The van der Waals surface area contributed by atoms with Crippen LogP contribution in [0.3, 0.4) is 0 Å². The van der Waals surface area contributed by atoms with E-state index >= 15 is 0 Å². The number of aromatic amines is 1. The van der Waals surface area contributed by atoms with E-state index in [4.69, 9.17) is 4.74 Å². The first-order chi connectivity index (χ1) is 9.42. The van der Waals surface area contributed by atoms with E-state index in [1.54, 1.807) is 6.33 Å². The number of aromatic nitrogens is 4. The lowest BCUT2D eigenvalue weighted by molar-refractivity contribution is 0.296. The van der Waals surface area contributed by atoms with Crippen LogP contribution in [-0.4, -0.2) is 26.5 Å². The van der Waals surface area contributed by atoms with Gasteiger partial charge < -0.3 is 9.72 Å². The predicted octanol–water partition coefficient (Wildman–Crippen LogP) is 3.48. The molecular formula is C14H22N4O. The Balaban J connectivity index is 1.64. The first-order valence-corrected chi connectivity index (χ1v) is 7.18. The van der Waals surface area contributed by atoms with Gasteiger partial charge in [-0.1, -0.05) is 45.4 Å². The molecule has 0 aliphatic carbocycles. The van der Waals surface area contributed by atoms with Crippen LogP contribution in [0.2, 0.25) is 0 Å². The topological polar surface area (TPSA) is 63.7 Å². The fourth-order valence-corrected chi connectivity index (χ4v) is 2.08. The largest absolute Gasteiger partial charge is 0.476 e. The highest BCUT2D eigenvalue weighted by atomic mass is 16.5. The second-order valence-corrected chi connectivity index (χ2v) is 4.75. The lowest BCUT2D eigenvalue weighted by Crippen LogP contribution is -2.00. The molecule has 0 fully saturated rings. The molecule has 104 valence electrons. The van der Waals surface area contributed by atoms with Gasteiger partial charge in [-0.05, 0) is 6.42 Å². The highest BCUT2D eigenvalue weighted by molar-refractivity contribution is 5.74. The summed E-state index contributed by atoms with van der Waals surface area (Å²) in [6.07, 6.45) is 12.1. The van der Waals surface area contributed by atoms with Crippen LogP contribution in [0.25, 0.3) is 11.2 Å². The maximum absolute atomic E-state index is 5.68. The minimum atomic E-state index is 0.605. The third-order valence-corrected chi connectivity index (χ3v) is 3.17. The van der Waals surface area contributed by atoms with Crippen LogP contribution in [0.4, 0.5) is 0 Å². The SMILES string of the molecule is CCCCCCCCCOc1ncnc2nc[nH]c12. The van der Waals surface area contributed by atoms with Crippen LogP contribution in [0, 0.1) is 0 Å². The van der Waals surface area contributed by atoms with E-state index in [0.717, 1.165) is 11.9 Å². The van der Waals surface area contributed by atoms with Crippen molar-refractivity contribution in [3.05, 3.63) is 12.7 Å². The van der Waals surface area contributed by atoms with Crippen molar-refractivity contribution in [2.75, 3.05) is 6.61 Å². The summed E-state index contributed by atoms with van der Waals surface area (Å²) in [5.74, 6) is 0.605. The lowest BCUT2D eigenvalue weighted by atomic mass is 10.1. The molecule has 2 heterocycles. The summed E-state index contributed by atoms with van der Waals surface area (Å²) in [6.45, 7) is 2.95. The molecule has 19 heavy (non-hydrogen) atoms. The zero-order chi connectivity index (χ0) is 13.3. The van der Waals surface area contributed by atoms with Crippen molar-refractivity contribution in [1.29, 1.82) is 0 Å². The standard InChI is InChI=1S/C14H22N4O/c1-2-3-4-5-6-7-8-9-19-14-12-13(16-10-15-12)17-11-18-14/h10-11H,2-9H2,1H3,(H,15,16,17,18). The van der Waals surface area contributed by atoms with Gasteiger partial charge in [0.1, 0.15) is 11.8 Å². The number of fused-ring (bicyclic) bond motifs is 1. The Morgan fingerprint density at radius 3 is 2.63 bits per heavy atom. The minimum Gasteiger partial charge on any atom is -0.476 e. The number of nitrogens with one attached hydrogen (secondary N) is 1. The number of nitrogens with zero attached hydrogens (tertiary/aromatic N) is 3. The Hall–Kier alpha value is -1.65. The maximum Gasteiger partial charge on any atom is 0.243 e. The molecule has 0 aliphatic heterocycles. The number of H-pyrrole nitrogens is 1. The van der Waals surface area contributed by atoms with Gasteiger partial charge in [-0.2, -0.15) is 4.98 Å². The van der Waals surface area contributed by atoms with Gasteiger partial charge >= 0.3 is 0 Å². The molecule has 0 atom stereocenters. The summed E-state index contributed by atoms with van der Waals surface area (Å²) >= 11 is 0. The summed E-state index contributed by atoms with van der Waals surface area (Å²) in [5.41, 5.74) is 1.44. The van der Waals surface area contributed by atoms with E-state index in [9.17, 15) is 0 Å². The highest BCUT2D eigenvalue weighted by Gasteiger charge is 2.06. The van der Waals surface area contributed by atoms with Gasteiger partial charge in [-0.15, -0.1) is 0 Å². The van der Waals surface area contributed by atoms with Crippen LogP contribution >= 0.6 is 0 Å². The molecule has 0 bridgehead atoms. The monoisotopic (exact) mass is 262 g/mol. The zero-order valence-electron chi connectivity index (χ0n) is 11.6. The van der Waals surface area contributed by atoms with Gasteiger partial charge in [-0.25, -0.2) is 9.97 Å². The molecule has 2 aromatic rings. The second-order valence-electron chi connectivity index (χ2n) is 4.75. The Labute approximate surface area is 113 Å². The van der Waals surface area contributed by atoms with Gasteiger partial charge in [0.25, 0.3) is 0 Å². The molecule has 2 aromatic heterocycles. The quantitative estimate of drug-likeness (QED) is 0.703. The summed E-state index contributed by atoms with van der Waals surface area (Å²) in [7, 11) is 0. The van der Waals surface area contributed by atoms with Crippen LogP contribution in [0.5, 0.6) is 5.88 Å². The Morgan fingerprint density at radius 1 is 1.00 bits per heavy atom. The average molecular weight is 262 g/mol. The molecule has 2 rings (SSSR count). The summed E-state index contributed by atoms with van der Waals surface area (Å²) < 4.78 is 5.68. The van der Waals surface area contributed by atoms with Crippen LogP contribution in [0.15, 0.2) is 12.7 Å². The fraction of sp³-hybridized carbons (Fsp3) is 0.643. The van der Waals surface area contributed by atoms with Crippen LogP contribution in [-0.2, 0) is 0 Å². The zero-order valence-corrected chi connectivity index (χ0v) is 11.6. The van der Waals surface area contributed by atoms with E-state index in [0.29, 0.717) is 18.1 Å². The molecular weight excluding hydrogens is 240 g/mol. The Morgan fingerprint density at radius 2 is 1.79 bits per heavy atom. The predicted molar refractivity (Wildman–Crippen MR) is 75.2 cm³/mol. The first kappa shape index (κ1) is 13.8. The van der Waals surface area contributed by atoms with E-state index < -0.39 is 0 Å². The highest BCUT2D eigenvalue weighted by Crippen LogP contribution is 2.17. The number of unbranched alkanes of at least 4 members (excludes halogenated alkanes) is 6. The van der Waals surface area contributed by atoms with Gasteiger partial charge in [0.15, 0.2) is 5.65 Å². The van der Waals surface area contributed by atoms with E-state index in [1.807, 2.05) is 0 Å². The number of imidazole rings is 1. The van der Waals surface area contributed by atoms with Gasteiger partial charge in [0.2, 0.25) is 5.88 Å². The first-order valence-electron chi connectivity index (χ1n) is 7.18. The number of hydrogen-bond acceptors (Lipinski definition) is 4. The molecule has 0 aliphatic rings. The van der Waals surface area contributed by atoms with Crippen molar-refractivity contribution in [2.24, 2.45) is 0 Å². The van der Waals surface area contributed by atoms with Crippen molar-refractivity contribution in [3.8, 4) is 5.88 Å². The molecule has 1 N–H and O–H groups in total. The molecule has 0 aromatic carbocycles. The summed E-state index contributed by atoms with van der Waals surface area (Å²) in [4.78, 5) is 15.3. The number of ether oxygens (including phenoxy) is 1. The number of rotatable bonds is 9. The van der Waals surface area contributed by atoms with Crippen molar-refractivity contribution in [1.82, 2.24) is 19.9 Å². The Kier molecular flexibility index (Phi) is 5.59. The maximum atomic E-state index is 5.68. The molecule has 0 radical (unpaired) electrons. The number of hydrogen-bond donors (Lipinski definition) is 1. The normalized spacial score (nSPS) is 11.0. The lowest BCUT2D eigenvalue weighted by Gasteiger charge is -2.05. The third-order valence-electron chi connectivity index (χ3n) is 3.17. The molecule has 0 spiro atoms. The van der Waals surface area contributed by atoms with Gasteiger partial charge in [-0.3, -0.25) is 0 Å². The molecule has 5 nitrogen and oxygen atoms in total. The van der Waals surface area contributed by atoms with Gasteiger partial charge in [0.05, 0.1) is 12.9 Å². The van der Waals surface area contributed by atoms with Gasteiger partial charge in [0, 0.05) is 0 Å². The van der Waals surface area contributed by atoms with Crippen molar-refractivity contribution >= 4 is 11.2 Å². The van der Waals surface area contributed by atoms with Crippen LogP contribution < -0.4 is 4.74 Å². The second kappa shape index (κ2) is 7.71. The van der Waals surface area contributed by atoms with Crippen molar-refractivity contribution in [2.45, 2.75) is 51.9 Å². The molecule has 0 unspecified atom stereocenters. The van der Waals surface area contributed by atoms with Crippen molar-refractivity contribution < 1.29 is 4.74 Å². The third kappa shape index (κ3) is 4.19. The van der Waals surface area contributed by atoms with E-state index in [1.165, 1.54) is 44.9 Å². The fourth-order valence-electron chi connectivity index (χ4n) is 2.08. The molecule has 0 amide bonds. The molecule has 0 saturated carbocycles. The molecule has 0 saturated heterocycles.